The van der Waals surface area contributed by atoms with Gasteiger partial charge in [-0.1, -0.05) is 37.3 Å². The Hall–Kier alpha value is -1.90. The predicted octanol–water partition coefficient (Wildman–Crippen LogP) is 3.08. The Labute approximate surface area is 102 Å². The zero-order chi connectivity index (χ0) is 11.9. The summed E-state index contributed by atoms with van der Waals surface area (Å²) in [6, 6.07) is 14.4. The first-order chi connectivity index (χ1) is 8.36. The maximum atomic E-state index is 3.99. The van der Waals surface area contributed by atoms with Crippen LogP contribution in [0.5, 0.6) is 0 Å². The van der Waals surface area contributed by atoms with E-state index in [2.05, 4.69) is 46.7 Å². The summed E-state index contributed by atoms with van der Waals surface area (Å²) in [6.07, 6.45) is 2.76. The molecule has 3 nitrogen and oxygen atoms in total. The molecular formula is C14H17N3. The Morgan fingerprint density at radius 3 is 2.65 bits per heavy atom. The molecule has 0 aliphatic rings. The highest BCUT2D eigenvalue weighted by atomic mass is 15.2. The molecule has 88 valence electrons. The summed E-state index contributed by atoms with van der Waals surface area (Å²) in [4.78, 5) is 0. The lowest BCUT2D eigenvalue weighted by molar-refractivity contribution is 0.704. The van der Waals surface area contributed by atoms with Crippen molar-refractivity contribution >= 4 is 5.82 Å². The zero-order valence-electron chi connectivity index (χ0n) is 10.0. The van der Waals surface area contributed by atoms with Crippen molar-refractivity contribution in [3.63, 3.8) is 0 Å². The minimum absolute atomic E-state index is 0.556. The Morgan fingerprint density at radius 2 is 1.94 bits per heavy atom. The zero-order valence-corrected chi connectivity index (χ0v) is 10.0. The van der Waals surface area contributed by atoms with Crippen molar-refractivity contribution in [3.8, 4) is 0 Å². The lowest BCUT2D eigenvalue weighted by Crippen LogP contribution is -2.07. The van der Waals surface area contributed by atoms with E-state index < -0.39 is 0 Å². The van der Waals surface area contributed by atoms with E-state index in [4.69, 9.17) is 0 Å². The second-order valence-electron chi connectivity index (χ2n) is 4.14. The molecule has 3 heteroatoms. The molecule has 0 saturated heterocycles. The molecule has 1 unspecified atom stereocenters. The van der Waals surface area contributed by atoms with E-state index >= 15 is 0 Å². The molecule has 0 bridgehead atoms. The van der Waals surface area contributed by atoms with Crippen molar-refractivity contribution in [1.82, 2.24) is 10.2 Å². The van der Waals surface area contributed by atoms with Crippen LogP contribution in [0.1, 0.15) is 24.8 Å². The second-order valence-corrected chi connectivity index (χ2v) is 4.14. The molecule has 0 fully saturated rings. The molecule has 0 radical (unpaired) electrons. The summed E-state index contributed by atoms with van der Waals surface area (Å²) in [7, 11) is 0. The molecule has 2 rings (SSSR count). The van der Waals surface area contributed by atoms with Gasteiger partial charge in [-0.15, -0.1) is 5.10 Å². The number of hydrogen-bond acceptors (Lipinski definition) is 3. The minimum Gasteiger partial charge on any atom is -0.369 e. The molecular weight excluding hydrogens is 210 g/mol. The third-order valence-corrected chi connectivity index (χ3v) is 2.82. The summed E-state index contributed by atoms with van der Waals surface area (Å²) in [6.45, 7) is 3.16. The van der Waals surface area contributed by atoms with Crippen LogP contribution in [0.2, 0.25) is 0 Å². The lowest BCUT2D eigenvalue weighted by Gasteiger charge is -2.12. The maximum Gasteiger partial charge on any atom is 0.148 e. The fourth-order valence-electron chi connectivity index (χ4n) is 1.76. The van der Waals surface area contributed by atoms with E-state index in [9.17, 15) is 0 Å². The largest absolute Gasteiger partial charge is 0.369 e. The van der Waals surface area contributed by atoms with E-state index in [0.29, 0.717) is 5.92 Å². The third kappa shape index (κ3) is 3.55. The van der Waals surface area contributed by atoms with Crippen molar-refractivity contribution < 1.29 is 0 Å². The number of nitrogens with one attached hydrogen (secondary N) is 1. The first kappa shape index (κ1) is 11.6. The van der Waals surface area contributed by atoms with Crippen molar-refractivity contribution in [2.75, 3.05) is 11.9 Å². The summed E-state index contributed by atoms with van der Waals surface area (Å²) >= 11 is 0. The smallest absolute Gasteiger partial charge is 0.148 e. The second kappa shape index (κ2) is 5.99. The summed E-state index contributed by atoms with van der Waals surface area (Å²) in [5.74, 6) is 1.40. The molecule has 0 spiro atoms. The number of nitrogens with zero attached hydrogens (tertiary/aromatic N) is 2. The number of anilines is 1. The first-order valence-corrected chi connectivity index (χ1v) is 5.93. The average Bonchev–Trinajstić information content (AvgIpc) is 2.41. The molecule has 1 heterocycles. The van der Waals surface area contributed by atoms with Crippen LogP contribution in [0.4, 0.5) is 5.82 Å². The fourth-order valence-corrected chi connectivity index (χ4v) is 1.76. The van der Waals surface area contributed by atoms with Gasteiger partial charge in [-0.2, -0.15) is 5.10 Å². The summed E-state index contributed by atoms with van der Waals surface area (Å²) in [5, 5.41) is 11.1. The van der Waals surface area contributed by atoms with Crippen LogP contribution in [0.25, 0.3) is 0 Å². The number of aromatic nitrogens is 2. The van der Waals surface area contributed by atoms with Gasteiger partial charge in [0.1, 0.15) is 5.82 Å². The SMILES string of the molecule is CC(CCNc1cccnn1)c1ccccc1. The molecule has 1 aromatic heterocycles. The van der Waals surface area contributed by atoms with Gasteiger partial charge in [0, 0.05) is 12.7 Å². The number of rotatable bonds is 5. The van der Waals surface area contributed by atoms with E-state index in [0.717, 1.165) is 18.8 Å². The van der Waals surface area contributed by atoms with Gasteiger partial charge in [0.25, 0.3) is 0 Å². The molecule has 17 heavy (non-hydrogen) atoms. The highest BCUT2D eigenvalue weighted by Crippen LogP contribution is 2.18. The molecule has 1 atom stereocenters. The number of benzene rings is 1. The molecule has 0 aliphatic heterocycles. The van der Waals surface area contributed by atoms with Gasteiger partial charge in [-0.3, -0.25) is 0 Å². The van der Waals surface area contributed by atoms with Crippen LogP contribution in [0, 0.1) is 0 Å². The van der Waals surface area contributed by atoms with Crippen LogP contribution in [0.3, 0.4) is 0 Å². The van der Waals surface area contributed by atoms with E-state index in [1.165, 1.54) is 5.56 Å². The van der Waals surface area contributed by atoms with Crippen molar-refractivity contribution in [2.45, 2.75) is 19.3 Å². The maximum absolute atomic E-state index is 3.99. The lowest BCUT2D eigenvalue weighted by atomic mass is 9.98. The van der Waals surface area contributed by atoms with Crippen LogP contribution in [-0.4, -0.2) is 16.7 Å². The Morgan fingerprint density at radius 1 is 1.12 bits per heavy atom. The van der Waals surface area contributed by atoms with Crippen LogP contribution < -0.4 is 5.32 Å². The molecule has 1 N–H and O–H groups in total. The van der Waals surface area contributed by atoms with Crippen LogP contribution in [0.15, 0.2) is 48.7 Å². The van der Waals surface area contributed by atoms with Crippen LogP contribution >= 0.6 is 0 Å². The molecule has 0 saturated carbocycles. The quantitative estimate of drug-likeness (QED) is 0.853. The van der Waals surface area contributed by atoms with E-state index in [-0.39, 0.29) is 0 Å². The van der Waals surface area contributed by atoms with Crippen LogP contribution in [-0.2, 0) is 0 Å². The monoisotopic (exact) mass is 227 g/mol. The topological polar surface area (TPSA) is 37.8 Å². The predicted molar refractivity (Wildman–Crippen MR) is 70.0 cm³/mol. The standard InChI is InChI=1S/C14H17N3/c1-12(13-6-3-2-4-7-13)9-11-15-14-8-5-10-16-17-14/h2-8,10,12H,9,11H2,1H3,(H,15,17). The van der Waals surface area contributed by atoms with Gasteiger partial charge in [0.2, 0.25) is 0 Å². The average molecular weight is 227 g/mol. The minimum atomic E-state index is 0.556. The van der Waals surface area contributed by atoms with Crippen molar-refractivity contribution in [3.05, 3.63) is 54.2 Å². The summed E-state index contributed by atoms with van der Waals surface area (Å²) in [5.41, 5.74) is 1.38. The Balaban J connectivity index is 1.79. The van der Waals surface area contributed by atoms with Crippen molar-refractivity contribution in [1.29, 1.82) is 0 Å². The third-order valence-electron chi connectivity index (χ3n) is 2.82. The Bertz CT molecular complexity index is 428. The van der Waals surface area contributed by atoms with Gasteiger partial charge in [-0.05, 0) is 30.0 Å². The van der Waals surface area contributed by atoms with Gasteiger partial charge >= 0.3 is 0 Å². The van der Waals surface area contributed by atoms with Gasteiger partial charge in [0.15, 0.2) is 0 Å². The highest BCUT2D eigenvalue weighted by Gasteiger charge is 2.04. The van der Waals surface area contributed by atoms with Gasteiger partial charge in [0.05, 0.1) is 0 Å². The molecule has 1 aromatic carbocycles. The van der Waals surface area contributed by atoms with Gasteiger partial charge in [-0.25, -0.2) is 0 Å². The fraction of sp³-hybridized carbons (Fsp3) is 0.286. The summed E-state index contributed by atoms with van der Waals surface area (Å²) < 4.78 is 0. The molecule has 2 aromatic rings. The first-order valence-electron chi connectivity index (χ1n) is 5.93. The Kier molecular flexibility index (Phi) is 4.08. The number of hydrogen-bond donors (Lipinski definition) is 1. The molecule has 0 amide bonds. The normalized spacial score (nSPS) is 12.1. The highest BCUT2D eigenvalue weighted by molar-refractivity contribution is 5.31. The van der Waals surface area contributed by atoms with E-state index in [1.54, 1.807) is 6.20 Å². The van der Waals surface area contributed by atoms with Crippen molar-refractivity contribution in [2.24, 2.45) is 0 Å². The van der Waals surface area contributed by atoms with E-state index in [1.807, 2.05) is 18.2 Å². The molecule has 0 aliphatic carbocycles. The van der Waals surface area contributed by atoms with Gasteiger partial charge < -0.3 is 5.32 Å².